The maximum atomic E-state index is 8.86. The first-order valence-corrected chi connectivity index (χ1v) is 5.89. The quantitative estimate of drug-likeness (QED) is 0.823. The average Bonchev–Trinajstić information content (AvgIpc) is 2.88. The minimum Gasteiger partial charge on any atom is -0.395 e. The van der Waals surface area contributed by atoms with Crippen LogP contribution in [0.15, 0.2) is 29.8 Å². The first-order valence-electron chi connectivity index (χ1n) is 5.01. The minimum atomic E-state index is 0.177. The normalized spacial score (nSPS) is 17.8. The van der Waals surface area contributed by atoms with Crippen LogP contribution in [0.5, 0.6) is 0 Å². The number of rotatable bonds is 3. The zero-order valence-corrected chi connectivity index (χ0v) is 9.00. The molecule has 2 aromatic rings. The molecule has 1 atom stereocenters. The number of fused-ring (bicyclic) bond motifs is 3. The van der Waals surface area contributed by atoms with Crippen LogP contribution in [-0.2, 0) is 0 Å². The Balaban J connectivity index is 2.03. The SMILES string of the molecule is OCCNC1c2ccsc2-n2cccc21. The molecule has 1 aliphatic rings. The van der Waals surface area contributed by atoms with Crippen LogP contribution < -0.4 is 5.32 Å². The topological polar surface area (TPSA) is 37.2 Å². The molecule has 0 saturated carbocycles. The van der Waals surface area contributed by atoms with E-state index in [4.69, 9.17) is 5.11 Å². The van der Waals surface area contributed by atoms with Crippen molar-refractivity contribution in [3.63, 3.8) is 0 Å². The first-order chi connectivity index (χ1) is 7.42. The third-order valence-corrected chi connectivity index (χ3v) is 3.67. The van der Waals surface area contributed by atoms with E-state index in [0.717, 1.165) is 0 Å². The molecule has 0 radical (unpaired) electrons. The number of nitrogens with zero attached hydrogens (tertiary/aromatic N) is 1. The zero-order chi connectivity index (χ0) is 10.3. The summed E-state index contributed by atoms with van der Waals surface area (Å²) in [6.07, 6.45) is 2.09. The van der Waals surface area contributed by atoms with Gasteiger partial charge in [-0.2, -0.15) is 0 Å². The molecule has 2 aromatic heterocycles. The van der Waals surface area contributed by atoms with Gasteiger partial charge >= 0.3 is 0 Å². The van der Waals surface area contributed by atoms with Crippen molar-refractivity contribution in [1.29, 1.82) is 0 Å². The monoisotopic (exact) mass is 220 g/mol. The second kappa shape index (κ2) is 3.48. The van der Waals surface area contributed by atoms with E-state index < -0.39 is 0 Å². The molecule has 15 heavy (non-hydrogen) atoms. The summed E-state index contributed by atoms with van der Waals surface area (Å²) in [4.78, 5) is 0. The Bertz CT molecular complexity index is 434. The highest BCUT2D eigenvalue weighted by molar-refractivity contribution is 7.12. The van der Waals surface area contributed by atoms with Crippen molar-refractivity contribution in [2.24, 2.45) is 0 Å². The summed E-state index contributed by atoms with van der Waals surface area (Å²) in [7, 11) is 0. The largest absolute Gasteiger partial charge is 0.395 e. The molecule has 3 heterocycles. The van der Waals surface area contributed by atoms with Gasteiger partial charge in [0, 0.05) is 24.0 Å². The highest BCUT2D eigenvalue weighted by atomic mass is 32.1. The van der Waals surface area contributed by atoms with E-state index in [9.17, 15) is 0 Å². The lowest BCUT2D eigenvalue weighted by molar-refractivity contribution is 0.288. The molecule has 0 fully saturated rings. The maximum Gasteiger partial charge on any atom is 0.104 e. The summed E-state index contributed by atoms with van der Waals surface area (Å²) in [6.45, 7) is 0.807. The van der Waals surface area contributed by atoms with Crippen molar-refractivity contribution in [2.75, 3.05) is 13.2 Å². The van der Waals surface area contributed by atoms with Gasteiger partial charge in [-0.25, -0.2) is 0 Å². The fourth-order valence-corrected chi connectivity index (χ4v) is 3.07. The summed E-state index contributed by atoms with van der Waals surface area (Å²) in [5, 5.41) is 15.6. The zero-order valence-electron chi connectivity index (χ0n) is 8.18. The predicted octanol–water partition coefficient (Wildman–Crippen LogP) is 1.52. The maximum absolute atomic E-state index is 8.86. The van der Waals surface area contributed by atoms with Crippen LogP contribution in [0.3, 0.4) is 0 Å². The van der Waals surface area contributed by atoms with Gasteiger partial charge in [-0.05, 0) is 23.6 Å². The van der Waals surface area contributed by atoms with E-state index in [1.165, 1.54) is 16.3 Å². The Labute approximate surface area is 92.0 Å². The van der Waals surface area contributed by atoms with Gasteiger partial charge in [0.1, 0.15) is 5.00 Å². The lowest BCUT2D eigenvalue weighted by Gasteiger charge is -2.11. The molecule has 4 heteroatoms. The van der Waals surface area contributed by atoms with Crippen LogP contribution >= 0.6 is 11.3 Å². The van der Waals surface area contributed by atoms with E-state index in [0.29, 0.717) is 6.54 Å². The number of aliphatic hydroxyl groups excluding tert-OH is 1. The van der Waals surface area contributed by atoms with Crippen LogP contribution in [0, 0.1) is 0 Å². The molecular formula is C11H12N2OS. The standard InChI is InChI=1S/C11H12N2OS/c14-6-4-12-10-8-3-7-15-11(8)13-5-1-2-9(10)13/h1-3,5,7,10,12,14H,4,6H2. The molecule has 3 nitrogen and oxygen atoms in total. The van der Waals surface area contributed by atoms with Crippen molar-refractivity contribution < 1.29 is 5.11 Å². The fraction of sp³-hybridized carbons (Fsp3) is 0.273. The predicted molar refractivity (Wildman–Crippen MR) is 60.6 cm³/mol. The summed E-state index contributed by atoms with van der Waals surface area (Å²) in [5.74, 6) is 0. The molecule has 0 spiro atoms. The van der Waals surface area contributed by atoms with Gasteiger partial charge in [0.25, 0.3) is 0 Å². The Morgan fingerprint density at radius 3 is 3.27 bits per heavy atom. The summed E-state index contributed by atoms with van der Waals surface area (Å²) in [6, 6.07) is 6.59. The van der Waals surface area contributed by atoms with Crippen molar-refractivity contribution in [3.05, 3.63) is 41.0 Å². The molecular weight excluding hydrogens is 208 g/mol. The van der Waals surface area contributed by atoms with Gasteiger partial charge in [0.05, 0.1) is 12.6 Å². The molecule has 1 unspecified atom stereocenters. The summed E-state index contributed by atoms with van der Waals surface area (Å²) >= 11 is 1.76. The number of hydrogen-bond donors (Lipinski definition) is 2. The molecule has 2 N–H and O–H groups in total. The van der Waals surface area contributed by atoms with Crippen LogP contribution in [0.2, 0.25) is 0 Å². The first kappa shape index (κ1) is 9.15. The van der Waals surface area contributed by atoms with Crippen LogP contribution in [0.1, 0.15) is 17.3 Å². The van der Waals surface area contributed by atoms with E-state index in [1.54, 1.807) is 11.3 Å². The fourth-order valence-electron chi connectivity index (χ4n) is 2.12. The lowest BCUT2D eigenvalue weighted by Crippen LogP contribution is -2.23. The van der Waals surface area contributed by atoms with Crippen molar-refractivity contribution in [2.45, 2.75) is 6.04 Å². The van der Waals surface area contributed by atoms with Crippen LogP contribution in [-0.4, -0.2) is 22.8 Å². The number of thiophene rings is 1. The van der Waals surface area contributed by atoms with E-state index in [1.807, 2.05) is 0 Å². The number of nitrogens with one attached hydrogen (secondary N) is 1. The van der Waals surface area contributed by atoms with E-state index in [2.05, 4.69) is 39.7 Å². The third-order valence-electron chi connectivity index (χ3n) is 2.74. The van der Waals surface area contributed by atoms with Gasteiger partial charge in [-0.15, -0.1) is 11.3 Å². The van der Waals surface area contributed by atoms with Gasteiger partial charge in [-0.3, -0.25) is 0 Å². The van der Waals surface area contributed by atoms with Gasteiger partial charge in [0.15, 0.2) is 0 Å². The lowest BCUT2D eigenvalue weighted by atomic mass is 10.1. The number of aliphatic hydroxyl groups is 1. The second-order valence-corrected chi connectivity index (χ2v) is 4.49. The Hall–Kier alpha value is -1.10. The average molecular weight is 220 g/mol. The van der Waals surface area contributed by atoms with Gasteiger partial charge in [-0.1, -0.05) is 0 Å². The molecule has 1 aliphatic heterocycles. The molecule has 0 aliphatic carbocycles. The molecule has 0 saturated heterocycles. The van der Waals surface area contributed by atoms with Gasteiger partial charge in [0.2, 0.25) is 0 Å². The van der Waals surface area contributed by atoms with E-state index >= 15 is 0 Å². The van der Waals surface area contributed by atoms with Crippen molar-refractivity contribution >= 4 is 11.3 Å². The third kappa shape index (κ3) is 1.26. The van der Waals surface area contributed by atoms with Crippen molar-refractivity contribution in [1.82, 2.24) is 9.88 Å². The Kier molecular flexibility index (Phi) is 2.12. The Morgan fingerprint density at radius 1 is 1.47 bits per heavy atom. The van der Waals surface area contributed by atoms with Crippen molar-refractivity contribution in [3.8, 4) is 5.00 Å². The molecule has 3 rings (SSSR count). The molecule has 78 valence electrons. The number of hydrogen-bond acceptors (Lipinski definition) is 3. The van der Waals surface area contributed by atoms with E-state index in [-0.39, 0.29) is 12.6 Å². The highest BCUT2D eigenvalue weighted by Gasteiger charge is 2.28. The van der Waals surface area contributed by atoms with Gasteiger partial charge < -0.3 is 15.0 Å². The highest BCUT2D eigenvalue weighted by Crippen LogP contribution is 2.39. The minimum absolute atomic E-state index is 0.177. The number of aromatic nitrogens is 1. The molecule has 0 aromatic carbocycles. The second-order valence-electron chi connectivity index (χ2n) is 3.59. The van der Waals surface area contributed by atoms with Crippen LogP contribution in [0.25, 0.3) is 5.00 Å². The smallest absolute Gasteiger partial charge is 0.104 e. The Morgan fingerprint density at radius 2 is 2.40 bits per heavy atom. The molecule has 0 bridgehead atoms. The van der Waals surface area contributed by atoms with Crippen LogP contribution in [0.4, 0.5) is 0 Å². The molecule has 0 amide bonds. The summed E-state index contributed by atoms with van der Waals surface area (Å²) < 4.78 is 2.22. The summed E-state index contributed by atoms with van der Waals surface area (Å²) in [5.41, 5.74) is 2.59.